The second-order valence-electron chi connectivity index (χ2n) is 4.87. The van der Waals surface area contributed by atoms with E-state index < -0.39 is 0 Å². The number of rotatable bonds is 4. The highest BCUT2D eigenvalue weighted by molar-refractivity contribution is 6.30. The van der Waals surface area contributed by atoms with Crippen molar-refractivity contribution < 1.29 is 5.11 Å². The Kier molecular flexibility index (Phi) is 4.25. The molecule has 1 aliphatic carbocycles. The summed E-state index contributed by atoms with van der Waals surface area (Å²) in [5.74, 6) is 0.752. The zero-order chi connectivity index (χ0) is 11.4. The van der Waals surface area contributed by atoms with Crippen molar-refractivity contribution >= 4 is 11.6 Å². The van der Waals surface area contributed by atoms with Gasteiger partial charge in [0.25, 0.3) is 0 Å². The fraction of sp³-hybridized carbons (Fsp3) is 0.571. The van der Waals surface area contributed by atoms with Gasteiger partial charge in [0.05, 0.1) is 6.10 Å². The standard InChI is InChI=1S/C14H19ClO/c15-13-7-5-12(6-8-13)10-14(16)9-11-3-1-2-4-11/h5-8,11,14,16H,1-4,9-10H2. The number of hydrogen-bond donors (Lipinski definition) is 1. The summed E-state index contributed by atoms with van der Waals surface area (Å²) in [7, 11) is 0. The van der Waals surface area contributed by atoms with E-state index in [4.69, 9.17) is 11.6 Å². The summed E-state index contributed by atoms with van der Waals surface area (Å²) in [4.78, 5) is 0. The minimum Gasteiger partial charge on any atom is -0.393 e. The van der Waals surface area contributed by atoms with Crippen LogP contribution in [-0.2, 0) is 6.42 Å². The highest BCUT2D eigenvalue weighted by atomic mass is 35.5. The summed E-state index contributed by atoms with van der Waals surface area (Å²) in [6.07, 6.45) is 6.83. The summed E-state index contributed by atoms with van der Waals surface area (Å²) < 4.78 is 0. The van der Waals surface area contributed by atoms with Gasteiger partial charge in [-0.1, -0.05) is 49.4 Å². The summed E-state index contributed by atoms with van der Waals surface area (Å²) in [6.45, 7) is 0. The lowest BCUT2D eigenvalue weighted by molar-refractivity contribution is 0.143. The molecule has 1 nitrogen and oxygen atoms in total. The van der Waals surface area contributed by atoms with Gasteiger partial charge in [-0.2, -0.15) is 0 Å². The molecule has 0 radical (unpaired) electrons. The van der Waals surface area contributed by atoms with Crippen LogP contribution in [0.5, 0.6) is 0 Å². The molecule has 2 rings (SSSR count). The van der Waals surface area contributed by atoms with E-state index in [9.17, 15) is 5.11 Å². The molecule has 0 aromatic heterocycles. The normalized spacial score (nSPS) is 18.9. The molecule has 0 spiro atoms. The van der Waals surface area contributed by atoms with Crippen LogP contribution in [0.2, 0.25) is 5.02 Å². The van der Waals surface area contributed by atoms with E-state index in [-0.39, 0.29) is 6.10 Å². The van der Waals surface area contributed by atoms with Crippen molar-refractivity contribution in [1.82, 2.24) is 0 Å². The fourth-order valence-corrected chi connectivity index (χ4v) is 2.73. The molecule has 88 valence electrons. The van der Waals surface area contributed by atoms with Gasteiger partial charge in [0.2, 0.25) is 0 Å². The molecule has 0 heterocycles. The summed E-state index contributed by atoms with van der Waals surface area (Å²) in [5, 5.41) is 10.8. The van der Waals surface area contributed by atoms with Gasteiger partial charge in [0.15, 0.2) is 0 Å². The first kappa shape index (κ1) is 11.9. The maximum Gasteiger partial charge on any atom is 0.0583 e. The van der Waals surface area contributed by atoms with Gasteiger partial charge in [0, 0.05) is 5.02 Å². The van der Waals surface area contributed by atoms with Crippen LogP contribution in [0.15, 0.2) is 24.3 Å². The van der Waals surface area contributed by atoms with Crippen molar-refractivity contribution in [3.8, 4) is 0 Å². The number of benzene rings is 1. The van der Waals surface area contributed by atoms with Gasteiger partial charge < -0.3 is 5.11 Å². The minimum absolute atomic E-state index is 0.190. The number of aliphatic hydroxyl groups is 1. The highest BCUT2D eigenvalue weighted by Crippen LogP contribution is 2.29. The van der Waals surface area contributed by atoms with E-state index in [1.54, 1.807) is 0 Å². The third-order valence-corrected chi connectivity index (χ3v) is 3.72. The summed E-state index contributed by atoms with van der Waals surface area (Å²) in [5.41, 5.74) is 1.18. The van der Waals surface area contributed by atoms with E-state index in [2.05, 4.69) is 0 Å². The highest BCUT2D eigenvalue weighted by Gasteiger charge is 2.18. The molecule has 1 N–H and O–H groups in total. The van der Waals surface area contributed by atoms with Crippen LogP contribution >= 0.6 is 11.6 Å². The average molecular weight is 239 g/mol. The monoisotopic (exact) mass is 238 g/mol. The van der Waals surface area contributed by atoms with Crippen molar-refractivity contribution in [2.45, 2.75) is 44.6 Å². The van der Waals surface area contributed by atoms with Gasteiger partial charge in [-0.3, -0.25) is 0 Å². The molecule has 0 saturated heterocycles. The van der Waals surface area contributed by atoms with Crippen LogP contribution in [0.4, 0.5) is 0 Å². The van der Waals surface area contributed by atoms with Crippen molar-refractivity contribution in [2.24, 2.45) is 5.92 Å². The first-order chi connectivity index (χ1) is 7.74. The molecule has 1 aromatic carbocycles. The molecule has 1 atom stereocenters. The van der Waals surface area contributed by atoms with Crippen LogP contribution in [0.3, 0.4) is 0 Å². The predicted molar refractivity (Wildman–Crippen MR) is 67.7 cm³/mol. The second-order valence-corrected chi connectivity index (χ2v) is 5.31. The number of aliphatic hydroxyl groups excluding tert-OH is 1. The third kappa shape index (κ3) is 3.50. The van der Waals surface area contributed by atoms with E-state index in [1.807, 2.05) is 24.3 Å². The first-order valence-electron chi connectivity index (χ1n) is 6.16. The Morgan fingerprint density at radius 1 is 1.19 bits per heavy atom. The van der Waals surface area contributed by atoms with Crippen LogP contribution in [0.25, 0.3) is 0 Å². The number of hydrogen-bond acceptors (Lipinski definition) is 1. The lowest BCUT2D eigenvalue weighted by atomic mass is 9.96. The molecular formula is C14H19ClO. The molecule has 0 bridgehead atoms. The molecule has 1 aliphatic rings. The molecule has 1 unspecified atom stereocenters. The number of halogens is 1. The third-order valence-electron chi connectivity index (χ3n) is 3.46. The largest absolute Gasteiger partial charge is 0.393 e. The van der Waals surface area contributed by atoms with Crippen LogP contribution < -0.4 is 0 Å². The minimum atomic E-state index is -0.190. The first-order valence-corrected chi connectivity index (χ1v) is 6.54. The van der Waals surface area contributed by atoms with Gasteiger partial charge in [-0.15, -0.1) is 0 Å². The Bertz CT molecular complexity index is 314. The summed E-state index contributed by atoms with van der Waals surface area (Å²) >= 11 is 5.82. The lowest BCUT2D eigenvalue weighted by Crippen LogP contribution is -2.14. The molecular weight excluding hydrogens is 220 g/mol. The SMILES string of the molecule is OC(Cc1ccc(Cl)cc1)CC1CCCC1. The van der Waals surface area contributed by atoms with E-state index in [0.29, 0.717) is 0 Å². The van der Waals surface area contributed by atoms with Crippen molar-refractivity contribution in [3.05, 3.63) is 34.9 Å². The molecule has 1 aromatic rings. The van der Waals surface area contributed by atoms with E-state index in [1.165, 1.54) is 31.2 Å². The Labute approximate surface area is 102 Å². The molecule has 2 heteroatoms. The van der Waals surface area contributed by atoms with Crippen molar-refractivity contribution in [2.75, 3.05) is 0 Å². The molecule has 0 amide bonds. The maximum atomic E-state index is 10.00. The Morgan fingerprint density at radius 2 is 1.81 bits per heavy atom. The van der Waals surface area contributed by atoms with Gasteiger partial charge in [0.1, 0.15) is 0 Å². The second kappa shape index (κ2) is 5.70. The van der Waals surface area contributed by atoms with Crippen molar-refractivity contribution in [1.29, 1.82) is 0 Å². The molecule has 1 fully saturated rings. The molecule has 0 aliphatic heterocycles. The van der Waals surface area contributed by atoms with Crippen molar-refractivity contribution in [3.63, 3.8) is 0 Å². The van der Waals surface area contributed by atoms with E-state index >= 15 is 0 Å². The Balaban J connectivity index is 1.81. The zero-order valence-electron chi connectivity index (χ0n) is 9.53. The lowest BCUT2D eigenvalue weighted by Gasteiger charge is -2.15. The maximum absolute atomic E-state index is 10.00. The summed E-state index contributed by atoms with van der Waals surface area (Å²) in [6, 6.07) is 7.78. The predicted octanol–water partition coefficient (Wildman–Crippen LogP) is 3.82. The topological polar surface area (TPSA) is 20.2 Å². The van der Waals surface area contributed by atoms with Crippen LogP contribution in [-0.4, -0.2) is 11.2 Å². The quantitative estimate of drug-likeness (QED) is 0.846. The Morgan fingerprint density at radius 3 is 2.44 bits per heavy atom. The zero-order valence-corrected chi connectivity index (χ0v) is 10.3. The molecule has 1 saturated carbocycles. The Hall–Kier alpha value is -0.530. The molecule has 16 heavy (non-hydrogen) atoms. The van der Waals surface area contributed by atoms with Crippen LogP contribution in [0, 0.1) is 5.92 Å². The van der Waals surface area contributed by atoms with E-state index in [0.717, 1.165) is 23.8 Å². The smallest absolute Gasteiger partial charge is 0.0583 e. The van der Waals surface area contributed by atoms with Gasteiger partial charge in [-0.05, 0) is 36.5 Å². The fourth-order valence-electron chi connectivity index (χ4n) is 2.61. The average Bonchev–Trinajstić information content (AvgIpc) is 2.74. The van der Waals surface area contributed by atoms with Crippen LogP contribution in [0.1, 0.15) is 37.7 Å². The van der Waals surface area contributed by atoms with Gasteiger partial charge in [-0.25, -0.2) is 0 Å². The van der Waals surface area contributed by atoms with Gasteiger partial charge >= 0.3 is 0 Å².